The van der Waals surface area contributed by atoms with E-state index in [1.54, 1.807) is 12.3 Å². The summed E-state index contributed by atoms with van der Waals surface area (Å²) in [5, 5.41) is 23.7. The van der Waals surface area contributed by atoms with E-state index in [-0.39, 0.29) is 18.1 Å². The summed E-state index contributed by atoms with van der Waals surface area (Å²) in [6.07, 6.45) is 2.94. The van der Waals surface area contributed by atoms with Crippen molar-refractivity contribution in [2.45, 2.75) is 6.92 Å². The molecule has 1 aliphatic heterocycles. The van der Waals surface area contributed by atoms with E-state index >= 15 is 0 Å². The van der Waals surface area contributed by atoms with Crippen molar-refractivity contribution in [3.8, 4) is 0 Å². The summed E-state index contributed by atoms with van der Waals surface area (Å²) < 4.78 is 0. The number of nitrogens with zero attached hydrogens (tertiary/aromatic N) is 6. The Bertz CT molecular complexity index is 778. The zero-order valence-corrected chi connectivity index (χ0v) is 14.5. The predicted molar refractivity (Wildman–Crippen MR) is 96.7 cm³/mol. The van der Waals surface area contributed by atoms with Crippen molar-refractivity contribution >= 4 is 23.1 Å². The molecule has 0 radical (unpaired) electrons. The standard InChI is InChI=1S/C16H21N7O3/c1-12-3-2-4-17-14(12)20-15-13(23(25)26)16(19-11-18-15)22-7-5-21(6-8-22)9-10-24/h2-4,11,24H,5-10H2,1H3,(H,17,18,19,20). The molecule has 2 aromatic rings. The number of nitrogens with one attached hydrogen (secondary N) is 1. The van der Waals surface area contributed by atoms with E-state index in [0.717, 1.165) is 5.56 Å². The third-order valence-corrected chi connectivity index (χ3v) is 4.32. The molecule has 0 spiro atoms. The molecule has 1 aliphatic rings. The monoisotopic (exact) mass is 359 g/mol. The summed E-state index contributed by atoms with van der Waals surface area (Å²) in [6.45, 7) is 5.19. The Hall–Kier alpha value is -2.85. The number of aryl methyl sites for hydroxylation is 1. The number of pyridine rings is 1. The summed E-state index contributed by atoms with van der Waals surface area (Å²) in [5.74, 6) is 0.942. The lowest BCUT2D eigenvalue weighted by Gasteiger charge is -2.34. The van der Waals surface area contributed by atoms with E-state index in [1.165, 1.54) is 6.33 Å². The maximum absolute atomic E-state index is 11.7. The zero-order valence-electron chi connectivity index (χ0n) is 14.5. The minimum Gasteiger partial charge on any atom is -0.395 e. The van der Waals surface area contributed by atoms with Crippen LogP contribution >= 0.6 is 0 Å². The number of β-amino-alcohol motifs (C(OH)–C–C–N with tert-alkyl or cyclic N) is 1. The Kier molecular flexibility index (Phi) is 5.54. The molecular weight excluding hydrogens is 338 g/mol. The first-order chi connectivity index (χ1) is 12.6. The second kappa shape index (κ2) is 8.02. The smallest absolute Gasteiger partial charge is 0.353 e. The summed E-state index contributed by atoms with van der Waals surface area (Å²) in [4.78, 5) is 27.7. The van der Waals surface area contributed by atoms with Gasteiger partial charge in [0.25, 0.3) is 0 Å². The number of rotatable bonds is 6. The van der Waals surface area contributed by atoms with Gasteiger partial charge in [-0.15, -0.1) is 0 Å². The van der Waals surface area contributed by atoms with Gasteiger partial charge in [0.1, 0.15) is 12.1 Å². The van der Waals surface area contributed by atoms with Gasteiger partial charge in [0.05, 0.1) is 11.5 Å². The molecule has 10 heteroatoms. The lowest BCUT2D eigenvalue weighted by molar-refractivity contribution is -0.383. The Labute approximate surface area is 150 Å². The fourth-order valence-corrected chi connectivity index (χ4v) is 2.91. The Morgan fingerprint density at radius 3 is 2.65 bits per heavy atom. The molecule has 3 heterocycles. The highest BCUT2D eigenvalue weighted by Gasteiger charge is 2.29. The third-order valence-electron chi connectivity index (χ3n) is 4.32. The average molecular weight is 359 g/mol. The summed E-state index contributed by atoms with van der Waals surface area (Å²) in [6, 6.07) is 3.66. The summed E-state index contributed by atoms with van der Waals surface area (Å²) in [7, 11) is 0. The number of hydrogen-bond acceptors (Lipinski definition) is 9. The van der Waals surface area contributed by atoms with Crippen LogP contribution in [0.5, 0.6) is 0 Å². The van der Waals surface area contributed by atoms with Crippen molar-refractivity contribution in [3.05, 3.63) is 40.3 Å². The average Bonchev–Trinajstić information content (AvgIpc) is 2.64. The highest BCUT2D eigenvalue weighted by Crippen LogP contribution is 2.34. The van der Waals surface area contributed by atoms with Crippen LogP contribution in [-0.4, -0.2) is 69.2 Å². The van der Waals surface area contributed by atoms with Crippen molar-refractivity contribution in [1.82, 2.24) is 19.9 Å². The van der Waals surface area contributed by atoms with Gasteiger partial charge in [-0.1, -0.05) is 6.07 Å². The van der Waals surface area contributed by atoms with Crippen molar-refractivity contribution < 1.29 is 10.0 Å². The highest BCUT2D eigenvalue weighted by atomic mass is 16.6. The lowest BCUT2D eigenvalue weighted by Crippen LogP contribution is -2.47. The number of aliphatic hydroxyl groups excluding tert-OH is 1. The summed E-state index contributed by atoms with van der Waals surface area (Å²) >= 11 is 0. The Balaban J connectivity index is 1.88. The summed E-state index contributed by atoms with van der Waals surface area (Å²) in [5.41, 5.74) is 0.702. The number of hydrogen-bond donors (Lipinski definition) is 2. The molecular formula is C16H21N7O3. The molecule has 2 N–H and O–H groups in total. The first kappa shape index (κ1) is 18.0. The van der Waals surface area contributed by atoms with E-state index in [0.29, 0.717) is 44.4 Å². The first-order valence-corrected chi connectivity index (χ1v) is 8.36. The molecule has 26 heavy (non-hydrogen) atoms. The van der Waals surface area contributed by atoms with Crippen molar-refractivity contribution in [2.24, 2.45) is 0 Å². The molecule has 2 aromatic heterocycles. The highest BCUT2D eigenvalue weighted by molar-refractivity contribution is 5.74. The first-order valence-electron chi connectivity index (χ1n) is 8.36. The van der Waals surface area contributed by atoms with Crippen LogP contribution in [0.1, 0.15) is 5.56 Å². The number of nitro groups is 1. The van der Waals surface area contributed by atoms with Gasteiger partial charge in [-0.2, -0.15) is 0 Å². The molecule has 3 rings (SSSR count). The SMILES string of the molecule is Cc1cccnc1Nc1ncnc(N2CCN(CCO)CC2)c1[N+](=O)[O-]. The second-order valence-electron chi connectivity index (χ2n) is 6.00. The Morgan fingerprint density at radius 2 is 2.00 bits per heavy atom. The quantitative estimate of drug-likeness (QED) is 0.573. The topological polar surface area (TPSA) is 121 Å². The van der Waals surface area contributed by atoms with E-state index in [1.807, 2.05) is 17.9 Å². The second-order valence-corrected chi connectivity index (χ2v) is 6.00. The van der Waals surface area contributed by atoms with Gasteiger partial charge in [0.15, 0.2) is 0 Å². The minimum atomic E-state index is -0.462. The molecule has 10 nitrogen and oxygen atoms in total. The van der Waals surface area contributed by atoms with Crippen molar-refractivity contribution in [2.75, 3.05) is 49.5 Å². The van der Waals surface area contributed by atoms with Crippen LogP contribution < -0.4 is 10.2 Å². The van der Waals surface area contributed by atoms with Crippen LogP contribution in [0.15, 0.2) is 24.7 Å². The van der Waals surface area contributed by atoms with Crippen molar-refractivity contribution in [3.63, 3.8) is 0 Å². The maximum Gasteiger partial charge on any atom is 0.353 e. The molecule has 0 saturated carbocycles. The molecule has 138 valence electrons. The van der Waals surface area contributed by atoms with Crippen LogP contribution in [-0.2, 0) is 0 Å². The molecule has 0 aliphatic carbocycles. The van der Waals surface area contributed by atoms with Gasteiger partial charge >= 0.3 is 5.69 Å². The van der Waals surface area contributed by atoms with Gasteiger partial charge in [-0.3, -0.25) is 15.0 Å². The number of aromatic nitrogens is 3. The van der Waals surface area contributed by atoms with Crippen LogP contribution in [0.3, 0.4) is 0 Å². The normalized spacial score (nSPS) is 15.1. The van der Waals surface area contributed by atoms with Crippen LogP contribution in [0.2, 0.25) is 0 Å². The third kappa shape index (κ3) is 3.86. The van der Waals surface area contributed by atoms with Gasteiger partial charge in [0, 0.05) is 38.9 Å². The van der Waals surface area contributed by atoms with E-state index in [9.17, 15) is 10.1 Å². The molecule has 0 aromatic carbocycles. The predicted octanol–water partition coefficient (Wildman–Crippen LogP) is 0.946. The number of aliphatic hydroxyl groups is 1. The number of anilines is 3. The van der Waals surface area contributed by atoms with Crippen LogP contribution in [0.25, 0.3) is 0 Å². The Morgan fingerprint density at radius 1 is 1.23 bits per heavy atom. The fraction of sp³-hybridized carbons (Fsp3) is 0.438. The largest absolute Gasteiger partial charge is 0.395 e. The van der Waals surface area contributed by atoms with Gasteiger partial charge in [-0.05, 0) is 18.6 Å². The molecule has 1 saturated heterocycles. The molecule has 0 unspecified atom stereocenters. The van der Waals surface area contributed by atoms with Crippen LogP contribution in [0.4, 0.5) is 23.1 Å². The molecule has 0 amide bonds. The van der Waals surface area contributed by atoms with E-state index in [2.05, 4.69) is 25.2 Å². The van der Waals surface area contributed by atoms with Gasteiger partial charge < -0.3 is 15.3 Å². The molecule has 1 fully saturated rings. The minimum absolute atomic E-state index is 0.102. The molecule has 0 bridgehead atoms. The van der Waals surface area contributed by atoms with Crippen molar-refractivity contribution in [1.29, 1.82) is 0 Å². The lowest BCUT2D eigenvalue weighted by atomic mass is 10.2. The van der Waals surface area contributed by atoms with Gasteiger partial charge in [-0.25, -0.2) is 15.0 Å². The van der Waals surface area contributed by atoms with E-state index in [4.69, 9.17) is 5.11 Å². The fourth-order valence-electron chi connectivity index (χ4n) is 2.91. The molecule has 0 atom stereocenters. The van der Waals surface area contributed by atoms with E-state index < -0.39 is 4.92 Å². The zero-order chi connectivity index (χ0) is 18.5. The van der Waals surface area contributed by atoms with Gasteiger partial charge in [0.2, 0.25) is 11.6 Å². The maximum atomic E-state index is 11.7. The number of piperazine rings is 1. The van der Waals surface area contributed by atoms with Crippen LogP contribution in [0, 0.1) is 17.0 Å².